The van der Waals surface area contributed by atoms with Gasteiger partial charge in [0.05, 0.1) is 21.8 Å². The van der Waals surface area contributed by atoms with E-state index in [0.29, 0.717) is 48.7 Å². The van der Waals surface area contributed by atoms with Crippen LogP contribution in [0.2, 0.25) is 5.02 Å². The maximum atomic E-state index is 15.1. The Morgan fingerprint density at radius 1 is 0.824 bits per heavy atom. The molecule has 5 aromatic carbocycles. The van der Waals surface area contributed by atoms with E-state index in [1.807, 2.05) is 24.8 Å². The lowest BCUT2D eigenvalue weighted by atomic mass is 9.74. The number of nitrogens with zero attached hydrogens (tertiary/aromatic N) is 1. The zero-order chi connectivity index (χ0) is 36.2. The summed E-state index contributed by atoms with van der Waals surface area (Å²) in [6.45, 7) is 5.52. The van der Waals surface area contributed by atoms with E-state index in [9.17, 15) is 26.4 Å². The van der Waals surface area contributed by atoms with E-state index in [1.54, 1.807) is 61.5 Å². The predicted molar refractivity (Wildman–Crippen MR) is 195 cm³/mol. The molecular formula is C40H26ClF4NO3S2. The highest BCUT2D eigenvalue weighted by Crippen LogP contribution is 2.57. The van der Waals surface area contributed by atoms with Crippen molar-refractivity contribution in [3.05, 3.63) is 146 Å². The minimum absolute atomic E-state index is 0.0386. The first-order chi connectivity index (χ1) is 24.1. The van der Waals surface area contributed by atoms with Crippen LogP contribution in [0.25, 0.3) is 28.0 Å². The van der Waals surface area contributed by atoms with Crippen LogP contribution in [0.1, 0.15) is 51.3 Å². The number of allylic oxidation sites excluding steroid dienone is 1. The van der Waals surface area contributed by atoms with Crippen LogP contribution in [0.15, 0.2) is 107 Å². The second-order valence-corrected chi connectivity index (χ2v) is 16.6. The van der Waals surface area contributed by atoms with Gasteiger partial charge in [0.1, 0.15) is 15.7 Å². The van der Waals surface area contributed by atoms with Crippen LogP contribution in [-0.2, 0) is 21.4 Å². The Labute approximate surface area is 300 Å². The Bertz CT molecular complexity index is 2640. The number of benzene rings is 5. The first kappa shape index (κ1) is 33.4. The molecule has 3 heterocycles. The van der Waals surface area contributed by atoms with E-state index < -0.39 is 38.6 Å². The largest absolute Gasteiger partial charge is 0.417 e. The van der Waals surface area contributed by atoms with Crippen LogP contribution in [0.4, 0.5) is 33.9 Å². The molecule has 0 unspecified atom stereocenters. The van der Waals surface area contributed by atoms with Crippen LogP contribution >= 0.6 is 22.9 Å². The normalized spacial score (nSPS) is 16.7. The molecule has 0 atom stereocenters. The van der Waals surface area contributed by atoms with Gasteiger partial charge in [-0.1, -0.05) is 73.5 Å². The van der Waals surface area contributed by atoms with Crippen LogP contribution in [-0.4, -0.2) is 14.2 Å². The summed E-state index contributed by atoms with van der Waals surface area (Å²) >= 11 is 7.35. The monoisotopic (exact) mass is 743 g/mol. The number of Topliss-reactive ketones (excluding diaryl/α,β-unsaturated/α-hetero) is 1. The van der Waals surface area contributed by atoms with Gasteiger partial charge in [-0.3, -0.25) is 4.79 Å². The van der Waals surface area contributed by atoms with E-state index in [0.717, 1.165) is 11.6 Å². The molecule has 2 aliphatic rings. The summed E-state index contributed by atoms with van der Waals surface area (Å²) < 4.78 is 85.2. The molecule has 51 heavy (non-hydrogen) atoms. The van der Waals surface area contributed by atoms with Crippen molar-refractivity contribution in [1.29, 1.82) is 0 Å². The Morgan fingerprint density at radius 3 is 2.27 bits per heavy atom. The molecule has 0 saturated heterocycles. The average molecular weight is 744 g/mol. The summed E-state index contributed by atoms with van der Waals surface area (Å²) in [5.74, 6) is -1.05. The summed E-state index contributed by atoms with van der Waals surface area (Å²) in [5, 5.41) is 1.86. The summed E-state index contributed by atoms with van der Waals surface area (Å²) in [4.78, 5) is 15.3. The molecule has 256 valence electrons. The van der Waals surface area contributed by atoms with E-state index in [-0.39, 0.29) is 26.0 Å². The van der Waals surface area contributed by atoms with E-state index >= 15 is 4.39 Å². The number of thiophene rings is 1. The molecule has 6 aromatic rings. The predicted octanol–water partition coefficient (Wildman–Crippen LogP) is 11.8. The number of fused-ring (bicyclic) bond motifs is 4. The first-order valence-electron chi connectivity index (χ1n) is 15.8. The van der Waals surface area contributed by atoms with Crippen LogP contribution in [0.3, 0.4) is 0 Å². The minimum Gasteiger partial charge on any atom is -0.301 e. The van der Waals surface area contributed by atoms with Crippen molar-refractivity contribution in [2.75, 3.05) is 4.90 Å². The molecular weight excluding hydrogens is 718 g/mol. The number of hydrogen-bond donors (Lipinski definition) is 0. The van der Waals surface area contributed by atoms with Gasteiger partial charge in [0.2, 0.25) is 15.6 Å². The highest BCUT2D eigenvalue weighted by Gasteiger charge is 2.42. The molecule has 0 N–H and O–H groups in total. The number of anilines is 3. The number of carbonyl (C=O) groups excluding carboxylic acids is 1. The fourth-order valence-corrected chi connectivity index (χ4v) is 10.3. The number of carbonyl (C=O) groups is 1. The number of aryl methyl sites for hydroxylation is 1. The van der Waals surface area contributed by atoms with Crippen molar-refractivity contribution in [2.24, 2.45) is 0 Å². The molecule has 0 spiro atoms. The molecule has 0 amide bonds. The third-order valence-corrected chi connectivity index (χ3v) is 12.8. The third-order valence-electron chi connectivity index (χ3n) is 9.66. The van der Waals surface area contributed by atoms with Gasteiger partial charge < -0.3 is 4.90 Å². The number of ketones is 1. The molecule has 4 nitrogen and oxygen atoms in total. The van der Waals surface area contributed by atoms with Gasteiger partial charge in [-0.15, -0.1) is 11.3 Å². The van der Waals surface area contributed by atoms with Crippen molar-refractivity contribution in [3.8, 4) is 11.1 Å². The topological polar surface area (TPSA) is 54.5 Å². The first-order valence-corrected chi connectivity index (χ1v) is 18.5. The Morgan fingerprint density at radius 2 is 1.53 bits per heavy atom. The maximum Gasteiger partial charge on any atom is 0.417 e. The molecule has 0 radical (unpaired) electrons. The molecule has 2 aliphatic heterocycles. The zero-order valence-corrected chi connectivity index (χ0v) is 29.6. The zero-order valence-electron chi connectivity index (χ0n) is 27.2. The highest BCUT2D eigenvalue weighted by molar-refractivity contribution is 7.97. The van der Waals surface area contributed by atoms with E-state index in [2.05, 4.69) is 0 Å². The number of sulfone groups is 1. The lowest BCUT2D eigenvalue weighted by Gasteiger charge is -2.40. The van der Waals surface area contributed by atoms with Crippen LogP contribution < -0.4 is 4.90 Å². The summed E-state index contributed by atoms with van der Waals surface area (Å²) in [5.41, 5.74) is 2.13. The fraction of sp³-hybridized carbons (Fsp3) is 0.125. The minimum atomic E-state index is -4.59. The van der Waals surface area contributed by atoms with Gasteiger partial charge in [0.15, 0.2) is 0 Å². The van der Waals surface area contributed by atoms with Gasteiger partial charge in [-0.25, -0.2) is 12.8 Å². The molecule has 1 aromatic heterocycles. The standard InChI is InChI=1S/C40H26ClF4NO3S2/c1-21-8-11-25(29(16-21)40(43,44)45)22-9-14-34-30(17-22)39(2,3)31-19-24(20-36-37(47)28-12-10-23(41)18-35(28)51(36,48)49)50-38(31)46(34)33-15-13-32(42)26-6-4-5-7-27(26)33/h4-20H,1-3H3/b36-20+. The van der Waals surface area contributed by atoms with Crippen molar-refractivity contribution in [1.82, 2.24) is 0 Å². The number of halogens is 5. The molecule has 0 bridgehead atoms. The second-order valence-electron chi connectivity index (χ2n) is 13.2. The highest BCUT2D eigenvalue weighted by atomic mass is 35.5. The molecule has 0 fully saturated rings. The lowest BCUT2D eigenvalue weighted by molar-refractivity contribution is -0.137. The van der Waals surface area contributed by atoms with Gasteiger partial charge in [0, 0.05) is 31.7 Å². The van der Waals surface area contributed by atoms with E-state index in [1.165, 1.54) is 47.7 Å². The van der Waals surface area contributed by atoms with Gasteiger partial charge in [-0.2, -0.15) is 13.2 Å². The molecule has 0 saturated carbocycles. The summed E-state index contributed by atoms with van der Waals surface area (Å²) in [6, 6.07) is 25.4. The number of rotatable bonds is 3. The quantitative estimate of drug-likeness (QED) is 0.134. The summed E-state index contributed by atoms with van der Waals surface area (Å²) in [7, 11) is -4.17. The smallest absolute Gasteiger partial charge is 0.301 e. The molecule has 11 heteroatoms. The number of alkyl halides is 3. The average Bonchev–Trinajstić information content (AvgIpc) is 3.59. The van der Waals surface area contributed by atoms with Crippen LogP contribution in [0.5, 0.6) is 0 Å². The van der Waals surface area contributed by atoms with E-state index in [4.69, 9.17) is 11.6 Å². The number of hydrogen-bond acceptors (Lipinski definition) is 5. The van der Waals surface area contributed by atoms with Gasteiger partial charge in [0.25, 0.3) is 0 Å². The fourth-order valence-electron chi connectivity index (χ4n) is 7.12. The van der Waals surface area contributed by atoms with Crippen molar-refractivity contribution in [3.63, 3.8) is 0 Å². The lowest BCUT2D eigenvalue weighted by Crippen LogP contribution is -2.29. The SMILES string of the molecule is Cc1ccc(-c2ccc3c(c2)C(C)(C)c2cc(/C=C4\C(=O)c5ccc(Cl)cc5S4(=O)=O)sc2N3c2ccc(F)c3ccccc23)c(C(F)(F)F)c1. The molecule has 8 rings (SSSR count). The van der Waals surface area contributed by atoms with Crippen molar-refractivity contribution in [2.45, 2.75) is 37.3 Å². The van der Waals surface area contributed by atoms with Crippen molar-refractivity contribution >= 4 is 71.8 Å². The second kappa shape index (κ2) is 11.4. The molecule has 0 aliphatic carbocycles. The van der Waals surface area contributed by atoms with Crippen molar-refractivity contribution < 1.29 is 30.8 Å². The van der Waals surface area contributed by atoms with Gasteiger partial charge >= 0.3 is 6.18 Å². The maximum absolute atomic E-state index is 15.1. The van der Waals surface area contributed by atoms with Gasteiger partial charge in [-0.05, 0) is 89.9 Å². The Hall–Kier alpha value is -4.77. The van der Waals surface area contributed by atoms with Crippen LogP contribution in [0, 0.1) is 12.7 Å². The Balaban J connectivity index is 1.37. The third kappa shape index (κ3) is 5.14. The summed E-state index contributed by atoms with van der Waals surface area (Å²) in [6.07, 6.45) is -3.22. The Kier molecular flexibility index (Phi) is 7.44.